The molecule has 1 saturated heterocycles. The van der Waals surface area contributed by atoms with E-state index in [0.717, 1.165) is 51.4 Å². The van der Waals surface area contributed by atoms with Gasteiger partial charge in [-0.05, 0) is 44.9 Å². The smallest absolute Gasteiger partial charge is 0.397 e. The summed E-state index contributed by atoms with van der Waals surface area (Å²) in [6.45, 7) is 4.00. The van der Waals surface area contributed by atoms with E-state index in [1.54, 1.807) is 0 Å². The molecule has 0 aromatic carbocycles. The van der Waals surface area contributed by atoms with Gasteiger partial charge in [0, 0.05) is 13.0 Å². The van der Waals surface area contributed by atoms with Crippen molar-refractivity contribution < 1.29 is 56.2 Å². The van der Waals surface area contributed by atoms with Gasteiger partial charge in [-0.25, -0.2) is 4.18 Å². The molecule has 1 rings (SSSR count). The molecule has 0 aliphatic carbocycles. The zero-order chi connectivity index (χ0) is 44.7. The third-order valence-electron chi connectivity index (χ3n) is 11.3. The zero-order valence-electron chi connectivity index (χ0n) is 38.5. The van der Waals surface area contributed by atoms with Crippen LogP contribution in [0.2, 0.25) is 0 Å². The predicted octanol–water partition coefficient (Wildman–Crippen LogP) is 10.8. The van der Waals surface area contributed by atoms with E-state index < -0.39 is 59.8 Å². The van der Waals surface area contributed by atoms with Gasteiger partial charge in [0.05, 0.1) is 19.8 Å². The second-order valence-corrected chi connectivity index (χ2v) is 18.1. The highest BCUT2D eigenvalue weighted by Gasteiger charge is 2.48. The minimum atomic E-state index is -5.06. The molecule has 1 aliphatic heterocycles. The average Bonchev–Trinajstić information content (AvgIpc) is 3.23. The van der Waals surface area contributed by atoms with Gasteiger partial charge in [-0.2, -0.15) is 8.42 Å². The number of aliphatic hydroxyl groups is 3. The number of ether oxygens (including phenoxy) is 4. The van der Waals surface area contributed by atoms with Crippen LogP contribution in [0.25, 0.3) is 0 Å². The summed E-state index contributed by atoms with van der Waals surface area (Å²) in [5.41, 5.74) is 0. The minimum absolute atomic E-state index is 0.0384. The largest absolute Gasteiger partial charge is 0.457 e. The van der Waals surface area contributed by atoms with Gasteiger partial charge in [0.2, 0.25) is 0 Å². The molecular formula is C48H90O12S. The van der Waals surface area contributed by atoms with Crippen LogP contribution < -0.4 is 0 Å². The molecule has 0 spiro atoms. The Balaban J connectivity index is 2.36. The van der Waals surface area contributed by atoms with E-state index in [1.807, 2.05) is 0 Å². The molecule has 61 heavy (non-hydrogen) atoms. The molecule has 0 bridgehead atoms. The highest BCUT2D eigenvalue weighted by Crippen LogP contribution is 2.26. The number of carbonyl (C=O) groups is 1. The van der Waals surface area contributed by atoms with E-state index in [2.05, 4.69) is 42.3 Å². The first-order chi connectivity index (χ1) is 29.6. The molecule has 1 aliphatic rings. The summed E-state index contributed by atoms with van der Waals surface area (Å²) in [5, 5.41) is 30.7. The lowest BCUT2D eigenvalue weighted by molar-refractivity contribution is -0.301. The monoisotopic (exact) mass is 891 g/mol. The summed E-state index contributed by atoms with van der Waals surface area (Å²) in [5.74, 6) is -0.401. The predicted molar refractivity (Wildman–Crippen MR) is 244 cm³/mol. The van der Waals surface area contributed by atoms with Gasteiger partial charge in [-0.1, -0.05) is 186 Å². The van der Waals surface area contributed by atoms with E-state index in [9.17, 15) is 28.5 Å². The number of unbranched alkanes of at least 4 members (excludes halogenated alkanes) is 26. The Morgan fingerprint density at radius 3 is 1.56 bits per heavy atom. The van der Waals surface area contributed by atoms with Crippen LogP contribution in [0.1, 0.15) is 213 Å². The molecule has 1 heterocycles. The fourth-order valence-corrected chi connectivity index (χ4v) is 8.09. The zero-order valence-corrected chi connectivity index (χ0v) is 39.3. The van der Waals surface area contributed by atoms with Crippen molar-refractivity contribution in [2.24, 2.45) is 0 Å². The van der Waals surface area contributed by atoms with Crippen molar-refractivity contribution in [1.82, 2.24) is 0 Å². The molecule has 360 valence electrons. The van der Waals surface area contributed by atoms with Gasteiger partial charge < -0.3 is 34.3 Å². The highest BCUT2D eigenvalue weighted by molar-refractivity contribution is 7.80. The van der Waals surface area contributed by atoms with Crippen molar-refractivity contribution in [3.05, 3.63) is 24.3 Å². The third kappa shape index (κ3) is 33.7. The van der Waals surface area contributed by atoms with Gasteiger partial charge in [-0.15, -0.1) is 0 Å². The highest BCUT2D eigenvalue weighted by atomic mass is 32.3. The molecule has 4 N–H and O–H groups in total. The summed E-state index contributed by atoms with van der Waals surface area (Å²) in [6, 6.07) is 0. The fraction of sp³-hybridized carbons (Fsp3) is 0.896. The number of allylic oxidation sites excluding steroid dienone is 4. The molecule has 12 nitrogen and oxygen atoms in total. The molecule has 0 amide bonds. The van der Waals surface area contributed by atoms with E-state index >= 15 is 0 Å². The van der Waals surface area contributed by atoms with E-state index in [1.165, 1.54) is 135 Å². The number of rotatable bonds is 43. The second kappa shape index (κ2) is 40.1. The molecular weight excluding hydrogens is 801 g/mol. The maximum absolute atomic E-state index is 12.9. The SMILES string of the molecule is CCCCCCC/C=C\C/C=C\CCCCCCCCCCCC(=O)OC(COCCCCCCCCCCCCCCC)COC1OC(CO)C(O)C(OS(=O)(=O)O)C1O. The van der Waals surface area contributed by atoms with Crippen LogP contribution in [0.15, 0.2) is 24.3 Å². The van der Waals surface area contributed by atoms with Crippen LogP contribution in [0, 0.1) is 0 Å². The Hall–Kier alpha value is -1.42. The van der Waals surface area contributed by atoms with Crippen molar-refractivity contribution in [2.75, 3.05) is 26.4 Å². The number of hydrogen-bond acceptors (Lipinski definition) is 11. The van der Waals surface area contributed by atoms with Crippen molar-refractivity contribution in [3.8, 4) is 0 Å². The molecule has 0 aromatic rings. The van der Waals surface area contributed by atoms with Gasteiger partial charge in [0.25, 0.3) is 0 Å². The summed E-state index contributed by atoms with van der Waals surface area (Å²) in [6.07, 6.45) is 36.3. The molecule has 6 unspecified atom stereocenters. The first-order valence-electron chi connectivity index (χ1n) is 24.6. The first kappa shape index (κ1) is 57.6. The van der Waals surface area contributed by atoms with Gasteiger partial charge >= 0.3 is 16.4 Å². The number of esters is 1. The normalized spacial score (nSPS) is 20.3. The van der Waals surface area contributed by atoms with Crippen LogP contribution in [0.4, 0.5) is 0 Å². The molecule has 13 heteroatoms. The summed E-state index contributed by atoms with van der Waals surface area (Å²) < 4.78 is 59.1. The molecule has 0 aromatic heterocycles. The first-order valence-corrected chi connectivity index (χ1v) is 26.0. The van der Waals surface area contributed by atoms with Crippen molar-refractivity contribution >= 4 is 16.4 Å². The van der Waals surface area contributed by atoms with Gasteiger partial charge in [0.1, 0.15) is 30.5 Å². The van der Waals surface area contributed by atoms with Crippen molar-refractivity contribution in [3.63, 3.8) is 0 Å². The number of carbonyl (C=O) groups excluding carboxylic acids is 1. The second-order valence-electron chi connectivity index (χ2n) is 17.1. The van der Waals surface area contributed by atoms with Gasteiger partial charge in [-0.3, -0.25) is 9.35 Å². The standard InChI is InChI=1S/C48H90O12S/c1-3-5-7-9-11-13-15-17-18-19-20-21-22-23-24-25-27-29-31-33-35-37-44(50)58-42(40-56-38-36-34-32-30-28-26-16-14-12-10-8-6-4-2)41-57-48-46(52)47(60-61(53,54)55)45(51)43(39-49)59-48/h15,17,19-20,42-43,45-49,51-52H,3-14,16,18,21-41H2,1-2H3,(H,53,54,55)/b17-15-,20-19-. The lowest BCUT2D eigenvalue weighted by atomic mass is 9.99. The molecule has 1 fully saturated rings. The third-order valence-corrected chi connectivity index (χ3v) is 11.8. The fourth-order valence-electron chi connectivity index (χ4n) is 7.59. The van der Waals surface area contributed by atoms with Crippen LogP contribution >= 0.6 is 0 Å². The van der Waals surface area contributed by atoms with Crippen LogP contribution in [0.5, 0.6) is 0 Å². The Labute approximate surface area is 371 Å². The van der Waals surface area contributed by atoms with E-state index in [4.69, 9.17) is 23.5 Å². The summed E-state index contributed by atoms with van der Waals surface area (Å²) in [4.78, 5) is 12.9. The summed E-state index contributed by atoms with van der Waals surface area (Å²) >= 11 is 0. The minimum Gasteiger partial charge on any atom is -0.457 e. The molecule has 0 saturated carbocycles. The topological polar surface area (TPSA) is 178 Å². The Kier molecular flexibility index (Phi) is 37.9. The van der Waals surface area contributed by atoms with Crippen molar-refractivity contribution in [2.45, 2.75) is 250 Å². The number of hydrogen-bond donors (Lipinski definition) is 4. The summed E-state index contributed by atoms with van der Waals surface area (Å²) in [7, 11) is -5.06. The average molecular weight is 891 g/mol. The van der Waals surface area contributed by atoms with Gasteiger partial charge in [0.15, 0.2) is 6.29 Å². The Morgan fingerprint density at radius 2 is 1.08 bits per heavy atom. The molecule has 0 radical (unpaired) electrons. The lowest BCUT2D eigenvalue weighted by Gasteiger charge is -2.41. The molecule has 6 atom stereocenters. The lowest BCUT2D eigenvalue weighted by Crippen LogP contribution is -2.60. The Bertz CT molecular complexity index is 1170. The van der Waals surface area contributed by atoms with E-state index in [-0.39, 0.29) is 19.6 Å². The maximum atomic E-state index is 12.9. The van der Waals surface area contributed by atoms with Crippen molar-refractivity contribution in [1.29, 1.82) is 0 Å². The Morgan fingerprint density at radius 1 is 0.623 bits per heavy atom. The van der Waals surface area contributed by atoms with Crippen LogP contribution in [0.3, 0.4) is 0 Å². The van der Waals surface area contributed by atoms with Crippen LogP contribution in [-0.4, -0.2) is 97.5 Å². The van der Waals surface area contributed by atoms with Crippen LogP contribution in [-0.2, 0) is 38.3 Å². The van der Waals surface area contributed by atoms with E-state index in [0.29, 0.717) is 13.0 Å². The quantitative estimate of drug-likeness (QED) is 0.0197. The maximum Gasteiger partial charge on any atom is 0.397 e. The number of aliphatic hydroxyl groups excluding tert-OH is 3.